The van der Waals surface area contributed by atoms with Crippen molar-refractivity contribution in [1.29, 1.82) is 0 Å². The molecule has 140 valence electrons. The number of pyridine rings is 1. The number of benzene rings is 2. The number of rotatable bonds is 5. The molecule has 1 fully saturated rings. The topological polar surface area (TPSA) is 65.5 Å². The van der Waals surface area contributed by atoms with E-state index < -0.39 is 10.9 Å². The highest BCUT2D eigenvalue weighted by Gasteiger charge is 2.18. The fourth-order valence-electron chi connectivity index (χ4n) is 3.41. The number of fused-ring (bicyclic) bond motifs is 1. The van der Waals surface area contributed by atoms with Gasteiger partial charge in [0.05, 0.1) is 5.52 Å². The van der Waals surface area contributed by atoms with E-state index in [-0.39, 0.29) is 0 Å². The van der Waals surface area contributed by atoms with Gasteiger partial charge >= 0.3 is 0 Å². The van der Waals surface area contributed by atoms with E-state index in [2.05, 4.69) is 38.8 Å². The standard InChI is InChI=1S/C20H22N4O2S/c25-27(26)22-18-8-5-16(6-9-18)15-23-11-13-24(14-12-23)20-10-7-17-3-1-2-4-19(17)21-20/h1-10,27H,11-15H2,(H,22,25,26). The quantitative estimate of drug-likeness (QED) is 0.664. The maximum Gasteiger partial charge on any atom is 0.222 e. The lowest BCUT2D eigenvalue weighted by atomic mass is 10.1. The van der Waals surface area contributed by atoms with Gasteiger partial charge in [0.15, 0.2) is 0 Å². The lowest BCUT2D eigenvalue weighted by Gasteiger charge is -2.35. The molecule has 0 aliphatic carbocycles. The molecule has 7 heteroatoms. The van der Waals surface area contributed by atoms with Crippen LogP contribution in [0.5, 0.6) is 0 Å². The van der Waals surface area contributed by atoms with Crippen molar-refractivity contribution >= 4 is 33.3 Å². The van der Waals surface area contributed by atoms with Gasteiger partial charge in [-0.05, 0) is 35.9 Å². The van der Waals surface area contributed by atoms with Crippen molar-refractivity contribution in [3.8, 4) is 0 Å². The zero-order valence-corrected chi connectivity index (χ0v) is 15.8. The summed E-state index contributed by atoms with van der Waals surface area (Å²) in [4.78, 5) is 9.54. The lowest BCUT2D eigenvalue weighted by molar-refractivity contribution is 0.249. The number of para-hydroxylation sites is 1. The molecule has 1 aliphatic heterocycles. The second-order valence-corrected chi connectivity index (χ2v) is 7.43. The zero-order valence-electron chi connectivity index (χ0n) is 14.9. The first-order chi connectivity index (χ1) is 13.2. The third-order valence-corrected chi connectivity index (χ3v) is 5.30. The van der Waals surface area contributed by atoms with Crippen LogP contribution in [0.1, 0.15) is 5.56 Å². The molecule has 0 bridgehead atoms. The molecular formula is C20H22N4O2S. The summed E-state index contributed by atoms with van der Waals surface area (Å²) in [6.45, 7) is 4.70. The van der Waals surface area contributed by atoms with Crippen molar-refractivity contribution in [3.63, 3.8) is 0 Å². The number of aromatic nitrogens is 1. The minimum atomic E-state index is -2.61. The van der Waals surface area contributed by atoms with Gasteiger partial charge in [-0.25, -0.2) is 13.4 Å². The van der Waals surface area contributed by atoms with Gasteiger partial charge in [0.1, 0.15) is 5.82 Å². The van der Waals surface area contributed by atoms with Crippen LogP contribution in [-0.4, -0.2) is 44.5 Å². The molecule has 3 aromatic rings. The van der Waals surface area contributed by atoms with Crippen molar-refractivity contribution < 1.29 is 8.42 Å². The fourth-order valence-corrected chi connectivity index (χ4v) is 3.77. The molecule has 6 nitrogen and oxygen atoms in total. The third kappa shape index (κ3) is 4.37. The summed E-state index contributed by atoms with van der Waals surface area (Å²) in [5.41, 5.74) is 2.81. The summed E-state index contributed by atoms with van der Waals surface area (Å²) in [5, 5.41) is 1.17. The second kappa shape index (κ2) is 7.94. The largest absolute Gasteiger partial charge is 0.354 e. The Balaban J connectivity index is 1.35. The molecule has 2 aromatic carbocycles. The molecule has 1 N–H and O–H groups in total. The van der Waals surface area contributed by atoms with Crippen LogP contribution in [0.2, 0.25) is 0 Å². The van der Waals surface area contributed by atoms with Gasteiger partial charge in [-0.15, -0.1) is 0 Å². The Morgan fingerprint density at radius 3 is 2.37 bits per heavy atom. The molecule has 0 radical (unpaired) electrons. The molecule has 0 saturated carbocycles. The summed E-state index contributed by atoms with van der Waals surface area (Å²) < 4.78 is 23.8. The van der Waals surface area contributed by atoms with Crippen LogP contribution in [0.4, 0.5) is 11.5 Å². The fraction of sp³-hybridized carbons (Fsp3) is 0.250. The van der Waals surface area contributed by atoms with Gasteiger partial charge in [-0.2, -0.15) is 0 Å². The van der Waals surface area contributed by atoms with Crippen molar-refractivity contribution in [2.75, 3.05) is 35.8 Å². The van der Waals surface area contributed by atoms with E-state index in [0.717, 1.165) is 44.1 Å². The first-order valence-electron chi connectivity index (χ1n) is 9.00. The minimum Gasteiger partial charge on any atom is -0.354 e. The van der Waals surface area contributed by atoms with E-state index in [4.69, 9.17) is 4.98 Å². The molecule has 1 aromatic heterocycles. The van der Waals surface area contributed by atoms with Crippen LogP contribution in [-0.2, 0) is 17.4 Å². The van der Waals surface area contributed by atoms with Crippen LogP contribution in [0.3, 0.4) is 0 Å². The Bertz CT molecular complexity index is 988. The Hall–Kier alpha value is -2.64. The summed E-state index contributed by atoms with van der Waals surface area (Å²) >= 11 is 0. The molecule has 0 amide bonds. The van der Waals surface area contributed by atoms with E-state index in [1.807, 2.05) is 24.3 Å². The number of hydrogen-bond donors (Lipinski definition) is 2. The number of thiol groups is 1. The predicted octanol–water partition coefficient (Wildman–Crippen LogP) is 2.50. The van der Waals surface area contributed by atoms with E-state index in [1.54, 1.807) is 12.1 Å². The van der Waals surface area contributed by atoms with E-state index >= 15 is 0 Å². The third-order valence-electron chi connectivity index (χ3n) is 4.86. The van der Waals surface area contributed by atoms with Gasteiger partial charge in [-0.3, -0.25) is 9.62 Å². The van der Waals surface area contributed by atoms with Gasteiger partial charge < -0.3 is 4.90 Å². The number of piperazine rings is 1. The molecule has 2 heterocycles. The number of hydrogen-bond acceptors (Lipinski definition) is 5. The molecule has 1 saturated heterocycles. The number of nitrogens with one attached hydrogen (secondary N) is 1. The molecule has 4 rings (SSSR count). The first-order valence-corrected chi connectivity index (χ1v) is 10.2. The lowest BCUT2D eigenvalue weighted by Crippen LogP contribution is -2.46. The Morgan fingerprint density at radius 1 is 0.889 bits per heavy atom. The summed E-state index contributed by atoms with van der Waals surface area (Å²) in [6.07, 6.45) is 0. The molecular weight excluding hydrogens is 360 g/mol. The smallest absolute Gasteiger partial charge is 0.222 e. The Morgan fingerprint density at radius 2 is 1.63 bits per heavy atom. The van der Waals surface area contributed by atoms with E-state index in [0.29, 0.717) is 5.69 Å². The monoisotopic (exact) mass is 382 g/mol. The van der Waals surface area contributed by atoms with E-state index in [9.17, 15) is 8.42 Å². The summed E-state index contributed by atoms with van der Waals surface area (Å²) in [7, 11) is -2.61. The van der Waals surface area contributed by atoms with Gasteiger partial charge in [0, 0.05) is 43.8 Å². The van der Waals surface area contributed by atoms with Crippen LogP contribution in [0.25, 0.3) is 10.9 Å². The Labute approximate surface area is 160 Å². The van der Waals surface area contributed by atoms with Crippen LogP contribution in [0.15, 0.2) is 60.7 Å². The summed E-state index contributed by atoms with van der Waals surface area (Å²) in [5.74, 6) is 1.04. The Kier molecular flexibility index (Phi) is 5.22. The van der Waals surface area contributed by atoms with Gasteiger partial charge in [0.25, 0.3) is 0 Å². The highest BCUT2D eigenvalue weighted by molar-refractivity contribution is 7.73. The average Bonchev–Trinajstić information content (AvgIpc) is 2.69. The highest BCUT2D eigenvalue weighted by Crippen LogP contribution is 2.20. The highest BCUT2D eigenvalue weighted by atomic mass is 32.2. The zero-order chi connectivity index (χ0) is 18.6. The molecule has 27 heavy (non-hydrogen) atoms. The maximum absolute atomic E-state index is 10.7. The minimum absolute atomic E-state index is 0.599. The van der Waals surface area contributed by atoms with E-state index in [1.165, 1.54) is 10.9 Å². The van der Waals surface area contributed by atoms with Crippen molar-refractivity contribution in [3.05, 3.63) is 66.2 Å². The maximum atomic E-state index is 10.7. The van der Waals surface area contributed by atoms with Crippen molar-refractivity contribution in [2.45, 2.75) is 6.54 Å². The number of nitrogens with zero attached hydrogens (tertiary/aromatic N) is 3. The SMILES string of the molecule is O=[SH](=O)Nc1ccc(CN2CCN(c3ccc4ccccc4n3)CC2)cc1. The predicted molar refractivity (Wildman–Crippen MR) is 110 cm³/mol. The molecule has 0 atom stereocenters. The normalized spacial score (nSPS) is 15.4. The van der Waals surface area contributed by atoms with Crippen LogP contribution in [0, 0.1) is 0 Å². The van der Waals surface area contributed by atoms with Crippen molar-refractivity contribution in [1.82, 2.24) is 9.88 Å². The average molecular weight is 382 g/mol. The number of anilines is 2. The van der Waals surface area contributed by atoms with Crippen molar-refractivity contribution in [2.24, 2.45) is 0 Å². The summed E-state index contributed by atoms with van der Waals surface area (Å²) in [6, 6.07) is 20.0. The van der Waals surface area contributed by atoms with Gasteiger partial charge in [-0.1, -0.05) is 30.3 Å². The van der Waals surface area contributed by atoms with Gasteiger partial charge in [0.2, 0.25) is 10.9 Å². The van der Waals surface area contributed by atoms with Crippen LogP contribution >= 0.6 is 0 Å². The van der Waals surface area contributed by atoms with Crippen LogP contribution < -0.4 is 9.62 Å². The second-order valence-electron chi connectivity index (χ2n) is 6.69. The first kappa shape index (κ1) is 17.8. The molecule has 0 unspecified atom stereocenters. The molecule has 0 spiro atoms. The molecule has 1 aliphatic rings.